The summed E-state index contributed by atoms with van der Waals surface area (Å²) in [5, 5.41) is 9.06. The Kier molecular flexibility index (Phi) is 5.90. The number of piperazine rings is 1. The van der Waals surface area contributed by atoms with E-state index in [2.05, 4.69) is 4.90 Å². The van der Waals surface area contributed by atoms with Crippen LogP contribution >= 0.6 is 0 Å². The standard InChI is InChI=1S/C19H27N3O4/c1-14-5-3-4-6-15(14)17-18(26-13-16(24)20(17)2)19(25)22-9-7-21(8-10-22)11-12-23/h3-6,17-18,23H,7-13H2,1-2H3/t17-,18+/m1/s1. The van der Waals surface area contributed by atoms with Crippen molar-refractivity contribution in [1.82, 2.24) is 14.7 Å². The maximum absolute atomic E-state index is 13.2. The Morgan fingerprint density at radius 3 is 2.58 bits per heavy atom. The van der Waals surface area contributed by atoms with Crippen LogP contribution in [0.3, 0.4) is 0 Å². The molecule has 1 aromatic carbocycles. The highest BCUT2D eigenvalue weighted by molar-refractivity contribution is 5.86. The van der Waals surface area contributed by atoms with E-state index in [0.717, 1.165) is 24.2 Å². The summed E-state index contributed by atoms with van der Waals surface area (Å²) >= 11 is 0. The molecule has 0 saturated carbocycles. The molecule has 0 bridgehead atoms. The Hall–Kier alpha value is -1.96. The van der Waals surface area contributed by atoms with Gasteiger partial charge in [0.05, 0.1) is 12.6 Å². The molecule has 0 aromatic heterocycles. The lowest BCUT2D eigenvalue weighted by atomic mass is 9.93. The molecule has 3 rings (SSSR count). The molecule has 26 heavy (non-hydrogen) atoms. The third-order valence-electron chi connectivity index (χ3n) is 5.33. The number of rotatable bonds is 4. The zero-order valence-electron chi connectivity index (χ0n) is 15.4. The summed E-state index contributed by atoms with van der Waals surface area (Å²) in [7, 11) is 1.74. The zero-order chi connectivity index (χ0) is 18.7. The van der Waals surface area contributed by atoms with Crippen molar-refractivity contribution in [3.8, 4) is 0 Å². The molecule has 1 N–H and O–H groups in total. The number of hydrogen-bond acceptors (Lipinski definition) is 5. The lowest BCUT2D eigenvalue weighted by Gasteiger charge is -2.42. The van der Waals surface area contributed by atoms with Crippen molar-refractivity contribution >= 4 is 11.8 Å². The van der Waals surface area contributed by atoms with Crippen LogP contribution in [-0.4, -0.2) is 90.7 Å². The lowest BCUT2D eigenvalue weighted by Crippen LogP contribution is -2.57. The smallest absolute Gasteiger partial charge is 0.254 e. The maximum Gasteiger partial charge on any atom is 0.254 e. The molecule has 2 fully saturated rings. The van der Waals surface area contributed by atoms with E-state index in [-0.39, 0.29) is 25.0 Å². The molecular weight excluding hydrogens is 334 g/mol. The molecule has 2 aliphatic heterocycles. The van der Waals surface area contributed by atoms with Gasteiger partial charge in [0.1, 0.15) is 6.61 Å². The number of amides is 2. The zero-order valence-corrected chi connectivity index (χ0v) is 15.4. The van der Waals surface area contributed by atoms with Crippen molar-refractivity contribution in [1.29, 1.82) is 0 Å². The van der Waals surface area contributed by atoms with Crippen molar-refractivity contribution in [3.63, 3.8) is 0 Å². The third-order valence-corrected chi connectivity index (χ3v) is 5.33. The number of ether oxygens (including phenoxy) is 1. The molecule has 2 heterocycles. The summed E-state index contributed by atoms with van der Waals surface area (Å²) in [5.74, 6) is -0.184. The van der Waals surface area contributed by atoms with Gasteiger partial charge in [-0.05, 0) is 18.1 Å². The number of β-amino-alcohol motifs (C(OH)–C–C–N with tert-alkyl or cyclic N) is 1. The van der Waals surface area contributed by atoms with Crippen molar-refractivity contribution in [2.24, 2.45) is 0 Å². The fourth-order valence-corrected chi connectivity index (χ4v) is 3.72. The van der Waals surface area contributed by atoms with Gasteiger partial charge >= 0.3 is 0 Å². The van der Waals surface area contributed by atoms with Crippen LogP contribution in [0.4, 0.5) is 0 Å². The minimum atomic E-state index is -0.691. The van der Waals surface area contributed by atoms with Gasteiger partial charge < -0.3 is 19.6 Å². The second-order valence-corrected chi connectivity index (χ2v) is 6.93. The molecule has 1 aromatic rings. The van der Waals surface area contributed by atoms with Crippen LogP contribution in [0.5, 0.6) is 0 Å². The van der Waals surface area contributed by atoms with E-state index in [1.807, 2.05) is 36.1 Å². The fraction of sp³-hybridized carbons (Fsp3) is 0.579. The van der Waals surface area contributed by atoms with E-state index < -0.39 is 12.1 Å². The molecule has 0 radical (unpaired) electrons. The second kappa shape index (κ2) is 8.16. The second-order valence-electron chi connectivity index (χ2n) is 6.93. The molecule has 2 aliphatic rings. The van der Waals surface area contributed by atoms with E-state index in [4.69, 9.17) is 9.84 Å². The number of carbonyl (C=O) groups is 2. The number of nitrogens with zero attached hydrogens (tertiary/aromatic N) is 3. The van der Waals surface area contributed by atoms with Gasteiger partial charge in [0, 0.05) is 39.8 Å². The number of hydrogen-bond donors (Lipinski definition) is 1. The van der Waals surface area contributed by atoms with E-state index in [1.54, 1.807) is 11.9 Å². The summed E-state index contributed by atoms with van der Waals surface area (Å²) in [6.07, 6.45) is -0.691. The van der Waals surface area contributed by atoms with Crippen LogP contribution in [0.25, 0.3) is 0 Å². The van der Waals surface area contributed by atoms with Gasteiger partial charge in [0.2, 0.25) is 5.91 Å². The highest BCUT2D eigenvalue weighted by Crippen LogP contribution is 2.32. The first-order valence-electron chi connectivity index (χ1n) is 9.07. The van der Waals surface area contributed by atoms with Gasteiger partial charge in [-0.3, -0.25) is 14.5 Å². The van der Waals surface area contributed by atoms with Crippen molar-refractivity contribution < 1.29 is 19.4 Å². The lowest BCUT2D eigenvalue weighted by molar-refractivity contribution is -0.168. The number of aliphatic hydroxyl groups excluding tert-OH is 1. The largest absolute Gasteiger partial charge is 0.395 e. The molecule has 142 valence electrons. The topological polar surface area (TPSA) is 73.3 Å². The van der Waals surface area contributed by atoms with E-state index in [9.17, 15) is 9.59 Å². The number of morpholine rings is 1. The van der Waals surface area contributed by atoms with Gasteiger partial charge in [-0.2, -0.15) is 0 Å². The van der Waals surface area contributed by atoms with E-state index in [0.29, 0.717) is 19.6 Å². The SMILES string of the molecule is Cc1ccccc1[C@@H]1[C@@H](C(=O)N2CCN(CCO)CC2)OCC(=O)N1C. The Morgan fingerprint density at radius 2 is 1.92 bits per heavy atom. The molecule has 2 saturated heterocycles. The number of aliphatic hydroxyl groups is 1. The maximum atomic E-state index is 13.2. The highest BCUT2D eigenvalue weighted by atomic mass is 16.5. The normalized spacial score (nSPS) is 24.8. The van der Waals surface area contributed by atoms with Gasteiger partial charge in [-0.25, -0.2) is 0 Å². The van der Waals surface area contributed by atoms with Crippen LogP contribution in [0.2, 0.25) is 0 Å². The summed E-state index contributed by atoms with van der Waals surface area (Å²) in [5.41, 5.74) is 1.98. The first-order chi connectivity index (χ1) is 12.5. The minimum absolute atomic E-state index is 0.0683. The van der Waals surface area contributed by atoms with E-state index in [1.165, 1.54) is 0 Å². The first-order valence-corrected chi connectivity index (χ1v) is 9.07. The quantitative estimate of drug-likeness (QED) is 0.819. The van der Waals surface area contributed by atoms with Gasteiger partial charge in [0.15, 0.2) is 6.10 Å². The van der Waals surface area contributed by atoms with Crippen LogP contribution < -0.4 is 0 Å². The van der Waals surface area contributed by atoms with Crippen molar-refractivity contribution in [3.05, 3.63) is 35.4 Å². The van der Waals surface area contributed by atoms with Gasteiger partial charge in [0.25, 0.3) is 5.91 Å². The average molecular weight is 361 g/mol. The Balaban J connectivity index is 1.79. The van der Waals surface area contributed by atoms with Crippen LogP contribution in [0.1, 0.15) is 17.2 Å². The molecule has 7 nitrogen and oxygen atoms in total. The fourth-order valence-electron chi connectivity index (χ4n) is 3.72. The first kappa shape index (κ1) is 18.8. The number of aryl methyl sites for hydroxylation is 1. The van der Waals surface area contributed by atoms with E-state index >= 15 is 0 Å². The molecule has 0 unspecified atom stereocenters. The van der Waals surface area contributed by atoms with Gasteiger partial charge in [-0.15, -0.1) is 0 Å². The monoisotopic (exact) mass is 361 g/mol. The molecular formula is C19H27N3O4. The summed E-state index contributed by atoms with van der Waals surface area (Å²) in [4.78, 5) is 30.9. The number of carbonyl (C=O) groups excluding carboxylic acids is 2. The summed E-state index contributed by atoms with van der Waals surface area (Å²) in [6, 6.07) is 7.39. The summed E-state index contributed by atoms with van der Waals surface area (Å²) < 4.78 is 5.74. The number of likely N-dealkylation sites (N-methyl/N-ethyl adjacent to an activating group) is 1. The molecule has 7 heteroatoms. The molecule has 2 atom stereocenters. The third kappa shape index (κ3) is 3.75. The van der Waals surface area contributed by atoms with Crippen molar-refractivity contribution in [2.75, 3.05) is 53.0 Å². The highest BCUT2D eigenvalue weighted by Gasteiger charge is 2.42. The Morgan fingerprint density at radius 1 is 1.23 bits per heavy atom. The summed E-state index contributed by atoms with van der Waals surface area (Å²) in [6.45, 7) is 5.36. The average Bonchev–Trinajstić information content (AvgIpc) is 2.65. The Bertz CT molecular complexity index is 658. The van der Waals surface area contributed by atoms with Gasteiger partial charge in [-0.1, -0.05) is 24.3 Å². The van der Waals surface area contributed by atoms with Crippen LogP contribution in [0, 0.1) is 6.92 Å². The van der Waals surface area contributed by atoms with Crippen LogP contribution in [0.15, 0.2) is 24.3 Å². The Labute approximate surface area is 154 Å². The number of benzene rings is 1. The minimum Gasteiger partial charge on any atom is -0.395 e. The van der Waals surface area contributed by atoms with Crippen LogP contribution in [-0.2, 0) is 14.3 Å². The predicted octanol–water partition coefficient (Wildman–Crippen LogP) is 0.0298. The molecule has 0 aliphatic carbocycles. The molecule has 2 amide bonds. The van der Waals surface area contributed by atoms with Crippen molar-refractivity contribution in [2.45, 2.75) is 19.1 Å². The predicted molar refractivity (Wildman–Crippen MR) is 96.5 cm³/mol. The molecule has 0 spiro atoms.